The van der Waals surface area contributed by atoms with Gasteiger partial charge in [-0.2, -0.15) is 0 Å². The molecule has 0 saturated carbocycles. The maximum Gasteiger partial charge on any atom is 0.243 e. The van der Waals surface area contributed by atoms with E-state index < -0.39 is 5.91 Å². The summed E-state index contributed by atoms with van der Waals surface area (Å²) in [5.74, 6) is -0.722. The summed E-state index contributed by atoms with van der Waals surface area (Å²) in [5, 5.41) is 2.50. The highest BCUT2D eigenvalue weighted by Crippen LogP contribution is 1.88. The second-order valence-electron chi connectivity index (χ2n) is 2.28. The van der Waals surface area contributed by atoms with Crippen molar-refractivity contribution in [3.8, 4) is 0 Å². The molecule has 0 aliphatic rings. The van der Waals surface area contributed by atoms with Gasteiger partial charge in [-0.15, -0.1) is 0 Å². The van der Waals surface area contributed by atoms with Crippen LogP contribution in [-0.4, -0.2) is 17.9 Å². The monoisotopic (exact) mass is 156 g/mol. The molecule has 4 heteroatoms. The first-order chi connectivity index (χ1) is 5.06. The summed E-state index contributed by atoms with van der Waals surface area (Å²) in [6.45, 7) is 4.97. The molecule has 2 amide bonds. The van der Waals surface area contributed by atoms with Crippen molar-refractivity contribution in [3.05, 3.63) is 12.7 Å². The molecular weight excluding hydrogens is 144 g/mol. The van der Waals surface area contributed by atoms with Gasteiger partial charge in [0.25, 0.3) is 0 Å². The highest BCUT2D eigenvalue weighted by molar-refractivity contribution is 5.87. The Balaban J connectivity index is 3.68. The highest BCUT2D eigenvalue weighted by atomic mass is 16.2. The van der Waals surface area contributed by atoms with Crippen LogP contribution in [0.25, 0.3) is 0 Å². The van der Waals surface area contributed by atoms with E-state index in [1.807, 2.05) is 0 Å². The van der Waals surface area contributed by atoms with Crippen LogP contribution in [0.15, 0.2) is 12.7 Å². The van der Waals surface area contributed by atoms with Gasteiger partial charge in [-0.25, -0.2) is 0 Å². The van der Waals surface area contributed by atoms with Crippen molar-refractivity contribution < 1.29 is 9.59 Å². The number of carbonyl (C=O) groups is 2. The third-order valence-corrected chi connectivity index (χ3v) is 1.08. The Labute approximate surface area is 65.5 Å². The molecule has 1 unspecified atom stereocenters. The molecule has 3 N–H and O–H groups in total. The number of nitrogens with two attached hydrogens (primary N) is 1. The zero-order valence-corrected chi connectivity index (χ0v) is 6.46. The molecule has 0 aromatic rings. The van der Waals surface area contributed by atoms with Crippen LogP contribution in [0.1, 0.15) is 13.3 Å². The molecule has 0 saturated heterocycles. The third-order valence-electron chi connectivity index (χ3n) is 1.08. The molecule has 1 atom stereocenters. The van der Waals surface area contributed by atoms with E-state index >= 15 is 0 Å². The largest absolute Gasteiger partial charge is 0.370 e. The van der Waals surface area contributed by atoms with Gasteiger partial charge in [0.2, 0.25) is 11.8 Å². The summed E-state index contributed by atoms with van der Waals surface area (Å²) in [6.07, 6.45) is 1.30. The molecule has 0 spiro atoms. The molecule has 0 aliphatic carbocycles. The number of hydrogen-bond acceptors (Lipinski definition) is 2. The van der Waals surface area contributed by atoms with Crippen LogP contribution in [0.2, 0.25) is 0 Å². The first-order valence-electron chi connectivity index (χ1n) is 3.27. The lowest BCUT2D eigenvalue weighted by Gasteiger charge is -2.08. The van der Waals surface area contributed by atoms with E-state index in [0.717, 1.165) is 6.08 Å². The predicted molar refractivity (Wildman–Crippen MR) is 41.6 cm³/mol. The van der Waals surface area contributed by atoms with Gasteiger partial charge in [0.15, 0.2) is 0 Å². The molecule has 11 heavy (non-hydrogen) atoms. The van der Waals surface area contributed by atoms with Crippen molar-refractivity contribution in [1.82, 2.24) is 5.32 Å². The van der Waals surface area contributed by atoms with E-state index in [2.05, 4.69) is 11.9 Å². The Bertz CT molecular complexity index is 177. The van der Waals surface area contributed by atoms with Gasteiger partial charge in [-0.3, -0.25) is 9.59 Å². The fraction of sp³-hybridized carbons (Fsp3) is 0.429. The fourth-order valence-corrected chi connectivity index (χ4v) is 0.655. The maximum absolute atomic E-state index is 10.6. The van der Waals surface area contributed by atoms with Crippen molar-refractivity contribution in [2.45, 2.75) is 19.4 Å². The van der Waals surface area contributed by atoms with Crippen LogP contribution >= 0.6 is 0 Å². The maximum atomic E-state index is 10.6. The van der Waals surface area contributed by atoms with Gasteiger partial charge in [0.1, 0.15) is 0 Å². The summed E-state index contributed by atoms with van der Waals surface area (Å²) < 4.78 is 0. The average Bonchev–Trinajstić information content (AvgIpc) is 1.85. The van der Waals surface area contributed by atoms with Crippen LogP contribution in [0, 0.1) is 0 Å². The van der Waals surface area contributed by atoms with Crippen LogP contribution in [0.5, 0.6) is 0 Å². The Morgan fingerprint density at radius 3 is 2.64 bits per heavy atom. The standard InChI is InChI=1S/C7H12N2O2/c1-3-7(11)9-5(2)4-6(8)10/h3,5H,1,4H2,2H3,(H2,8,10)(H,9,11). The second kappa shape index (κ2) is 4.49. The molecule has 0 fully saturated rings. The smallest absolute Gasteiger partial charge is 0.243 e. The van der Waals surface area contributed by atoms with Gasteiger partial charge in [0, 0.05) is 12.5 Å². The molecule has 0 heterocycles. The Hall–Kier alpha value is -1.32. The summed E-state index contributed by atoms with van der Waals surface area (Å²) >= 11 is 0. The topological polar surface area (TPSA) is 72.2 Å². The summed E-state index contributed by atoms with van der Waals surface area (Å²) in [4.78, 5) is 20.9. The van der Waals surface area contributed by atoms with Crippen molar-refractivity contribution in [2.24, 2.45) is 5.73 Å². The van der Waals surface area contributed by atoms with Crippen LogP contribution in [0.4, 0.5) is 0 Å². The van der Waals surface area contributed by atoms with Gasteiger partial charge < -0.3 is 11.1 Å². The highest BCUT2D eigenvalue weighted by Gasteiger charge is 2.06. The normalized spacial score (nSPS) is 11.7. The van der Waals surface area contributed by atoms with E-state index in [1.54, 1.807) is 6.92 Å². The van der Waals surface area contributed by atoms with E-state index in [1.165, 1.54) is 0 Å². The molecule has 0 aromatic carbocycles. The molecule has 0 bridgehead atoms. The first-order valence-corrected chi connectivity index (χ1v) is 3.27. The van der Waals surface area contributed by atoms with Crippen LogP contribution in [-0.2, 0) is 9.59 Å². The van der Waals surface area contributed by atoms with Gasteiger partial charge in [0.05, 0.1) is 0 Å². The zero-order chi connectivity index (χ0) is 8.85. The summed E-state index contributed by atoms with van der Waals surface area (Å²) in [7, 11) is 0. The van der Waals surface area contributed by atoms with E-state index in [-0.39, 0.29) is 18.4 Å². The molecule has 62 valence electrons. The number of primary amides is 1. The fourth-order valence-electron chi connectivity index (χ4n) is 0.655. The minimum absolute atomic E-state index is 0.152. The van der Waals surface area contributed by atoms with Crippen molar-refractivity contribution in [2.75, 3.05) is 0 Å². The van der Waals surface area contributed by atoms with Crippen LogP contribution in [0.3, 0.4) is 0 Å². The van der Waals surface area contributed by atoms with Crippen molar-refractivity contribution >= 4 is 11.8 Å². The molecule has 4 nitrogen and oxygen atoms in total. The van der Waals surface area contributed by atoms with Crippen molar-refractivity contribution in [1.29, 1.82) is 0 Å². The quantitative estimate of drug-likeness (QED) is 0.541. The Kier molecular flexibility index (Phi) is 3.95. The summed E-state index contributed by atoms with van der Waals surface area (Å²) in [5.41, 5.74) is 4.89. The lowest BCUT2D eigenvalue weighted by Crippen LogP contribution is -2.34. The lowest BCUT2D eigenvalue weighted by atomic mass is 10.2. The molecule has 0 rings (SSSR count). The van der Waals surface area contributed by atoms with Crippen molar-refractivity contribution in [3.63, 3.8) is 0 Å². The SMILES string of the molecule is C=CC(=O)NC(C)CC(N)=O. The number of carbonyl (C=O) groups excluding carboxylic acids is 2. The summed E-state index contributed by atoms with van der Waals surface area (Å²) in [6, 6.07) is -0.224. The van der Waals surface area contributed by atoms with Gasteiger partial charge in [-0.1, -0.05) is 6.58 Å². The lowest BCUT2D eigenvalue weighted by molar-refractivity contribution is -0.119. The molecular formula is C7H12N2O2. The minimum atomic E-state index is -0.429. The molecule has 0 aliphatic heterocycles. The molecule has 0 aromatic heterocycles. The van der Waals surface area contributed by atoms with E-state index in [9.17, 15) is 9.59 Å². The van der Waals surface area contributed by atoms with Gasteiger partial charge in [-0.05, 0) is 13.0 Å². The zero-order valence-electron chi connectivity index (χ0n) is 6.46. The minimum Gasteiger partial charge on any atom is -0.370 e. The second-order valence-corrected chi connectivity index (χ2v) is 2.28. The van der Waals surface area contributed by atoms with Gasteiger partial charge >= 0.3 is 0 Å². The molecule has 0 radical (unpaired) electrons. The number of amides is 2. The first kappa shape index (κ1) is 9.68. The Morgan fingerprint density at radius 1 is 1.73 bits per heavy atom. The average molecular weight is 156 g/mol. The number of nitrogens with one attached hydrogen (secondary N) is 1. The van der Waals surface area contributed by atoms with E-state index in [0.29, 0.717) is 0 Å². The number of hydrogen-bond donors (Lipinski definition) is 2. The van der Waals surface area contributed by atoms with E-state index in [4.69, 9.17) is 5.73 Å². The number of rotatable bonds is 4. The third kappa shape index (κ3) is 5.14. The Morgan fingerprint density at radius 2 is 2.27 bits per heavy atom. The predicted octanol–water partition coefficient (Wildman–Crippen LogP) is -0.448. The van der Waals surface area contributed by atoms with Crippen LogP contribution < -0.4 is 11.1 Å².